The highest BCUT2D eigenvalue weighted by Gasteiger charge is 2.54. The number of carbonyl (C=O) groups excluding carboxylic acids is 2. The van der Waals surface area contributed by atoms with E-state index >= 15 is 0 Å². The predicted molar refractivity (Wildman–Crippen MR) is 123 cm³/mol. The van der Waals surface area contributed by atoms with Crippen LogP contribution in [0.2, 0.25) is 0 Å². The van der Waals surface area contributed by atoms with Gasteiger partial charge in [-0.2, -0.15) is 0 Å². The molecule has 2 N–H and O–H groups in total. The number of aliphatic hydroxyl groups excluding tert-OH is 1. The monoisotopic (exact) mass is 451 g/mol. The first-order chi connectivity index (χ1) is 16.0. The van der Waals surface area contributed by atoms with Crippen molar-refractivity contribution in [1.29, 1.82) is 0 Å². The summed E-state index contributed by atoms with van der Waals surface area (Å²) in [5.41, 5.74) is 2.72. The van der Waals surface area contributed by atoms with Crippen LogP contribution in [0.15, 0.2) is 48.5 Å². The molecule has 5 rings (SSSR count). The topological polar surface area (TPSA) is 72.9 Å². The van der Waals surface area contributed by atoms with Crippen molar-refractivity contribution in [2.45, 2.75) is 56.1 Å². The van der Waals surface area contributed by atoms with Gasteiger partial charge in [-0.15, -0.1) is 0 Å². The van der Waals surface area contributed by atoms with Gasteiger partial charge < -0.3 is 20.2 Å². The van der Waals surface area contributed by atoms with Crippen LogP contribution in [0.3, 0.4) is 0 Å². The number of rotatable bonds is 4. The third kappa shape index (κ3) is 4.22. The van der Waals surface area contributed by atoms with Gasteiger partial charge in [-0.1, -0.05) is 55.7 Å². The van der Waals surface area contributed by atoms with Crippen LogP contribution in [0.5, 0.6) is 0 Å². The Hall–Kier alpha value is -2.93. The molecule has 3 fully saturated rings. The van der Waals surface area contributed by atoms with E-state index in [9.17, 15) is 19.1 Å². The van der Waals surface area contributed by atoms with Gasteiger partial charge in [-0.3, -0.25) is 4.79 Å². The zero-order valence-electron chi connectivity index (χ0n) is 18.6. The number of hydrogen-bond acceptors (Lipinski definition) is 3. The summed E-state index contributed by atoms with van der Waals surface area (Å²) in [6, 6.07) is 13.9. The predicted octanol–water partition coefficient (Wildman–Crippen LogP) is 3.51. The quantitative estimate of drug-likeness (QED) is 0.747. The molecule has 0 unspecified atom stereocenters. The highest BCUT2D eigenvalue weighted by molar-refractivity contribution is 5.87. The van der Waals surface area contributed by atoms with Gasteiger partial charge in [0.25, 0.3) is 0 Å². The minimum Gasteiger partial charge on any atom is -0.394 e. The number of hydrogen-bond donors (Lipinski definition) is 2. The summed E-state index contributed by atoms with van der Waals surface area (Å²) in [5.74, 6) is -0.443. The number of aliphatic hydroxyl groups is 1. The van der Waals surface area contributed by atoms with Crippen molar-refractivity contribution in [1.82, 2.24) is 15.1 Å². The molecule has 33 heavy (non-hydrogen) atoms. The van der Waals surface area contributed by atoms with Crippen molar-refractivity contribution in [3.05, 3.63) is 59.9 Å². The summed E-state index contributed by atoms with van der Waals surface area (Å²) in [4.78, 5) is 29.1. The Labute approximate surface area is 193 Å². The summed E-state index contributed by atoms with van der Waals surface area (Å²) >= 11 is 0. The Balaban J connectivity index is 1.31. The Kier molecular flexibility index (Phi) is 6.06. The normalized spacial score (nSPS) is 25.4. The van der Waals surface area contributed by atoms with Gasteiger partial charge in [0, 0.05) is 18.5 Å². The van der Waals surface area contributed by atoms with Gasteiger partial charge in [0.1, 0.15) is 12.4 Å². The standard InChI is InChI=1S/C26H30FN3O3/c27-20-6-4-5-19(13-20)17-9-11-18(12-10-17)25-22-14-29(15-24(32)30(22)23(25)16-31)26(33)28-21-7-2-1-3-8-21/h4-6,9-13,21-23,25,31H,1-3,7-8,14-16H2,(H,28,33)/t22-,23+,25-/m0/s1. The SMILES string of the molecule is O=C(NC1CCCCC1)N1CC(=O)N2[C@H](CO)[C@@H](c3ccc(-c4cccc(F)c4)cc3)[C@@H]2C1. The van der Waals surface area contributed by atoms with E-state index in [4.69, 9.17) is 0 Å². The van der Waals surface area contributed by atoms with Crippen LogP contribution in [-0.2, 0) is 4.79 Å². The molecule has 0 radical (unpaired) electrons. The molecule has 3 amide bonds. The van der Waals surface area contributed by atoms with Crippen molar-refractivity contribution in [2.75, 3.05) is 19.7 Å². The number of halogens is 1. The van der Waals surface area contributed by atoms with Crippen molar-refractivity contribution in [2.24, 2.45) is 0 Å². The number of urea groups is 1. The second kappa shape index (κ2) is 9.14. The Morgan fingerprint density at radius 2 is 1.82 bits per heavy atom. The maximum Gasteiger partial charge on any atom is 0.318 e. The molecule has 3 aliphatic rings. The number of benzene rings is 2. The number of carbonyl (C=O) groups is 2. The van der Waals surface area contributed by atoms with Crippen LogP contribution >= 0.6 is 0 Å². The summed E-state index contributed by atoms with van der Waals surface area (Å²) in [5, 5.41) is 13.1. The highest BCUT2D eigenvalue weighted by atomic mass is 19.1. The molecule has 2 saturated heterocycles. The van der Waals surface area contributed by atoms with E-state index in [-0.39, 0.29) is 55.0 Å². The summed E-state index contributed by atoms with van der Waals surface area (Å²) in [6.07, 6.45) is 5.47. The fourth-order valence-corrected chi connectivity index (χ4v) is 5.73. The molecular formula is C26H30FN3O3. The first-order valence-corrected chi connectivity index (χ1v) is 11.9. The second-order valence-corrected chi connectivity index (χ2v) is 9.44. The fraction of sp³-hybridized carbons (Fsp3) is 0.462. The zero-order chi connectivity index (χ0) is 22.9. The molecule has 1 aliphatic carbocycles. The average Bonchev–Trinajstić information content (AvgIpc) is 2.81. The van der Waals surface area contributed by atoms with E-state index in [1.54, 1.807) is 15.9 Å². The molecule has 174 valence electrons. The number of nitrogens with zero attached hydrogens (tertiary/aromatic N) is 2. The number of piperazine rings is 1. The lowest BCUT2D eigenvalue weighted by atomic mass is 9.73. The van der Waals surface area contributed by atoms with Gasteiger partial charge in [0.2, 0.25) is 5.91 Å². The van der Waals surface area contributed by atoms with Crippen LogP contribution in [-0.4, -0.2) is 64.7 Å². The van der Waals surface area contributed by atoms with E-state index in [0.717, 1.165) is 42.4 Å². The Morgan fingerprint density at radius 1 is 1.06 bits per heavy atom. The number of fused-ring (bicyclic) bond motifs is 1. The average molecular weight is 452 g/mol. The maximum absolute atomic E-state index is 13.6. The van der Waals surface area contributed by atoms with Crippen molar-refractivity contribution >= 4 is 11.9 Å². The molecule has 2 aromatic carbocycles. The van der Waals surface area contributed by atoms with Crippen LogP contribution < -0.4 is 5.32 Å². The molecule has 6 nitrogen and oxygen atoms in total. The van der Waals surface area contributed by atoms with Crippen LogP contribution in [0, 0.1) is 5.82 Å². The minimum absolute atomic E-state index is 0.0502. The smallest absolute Gasteiger partial charge is 0.318 e. The third-order valence-corrected chi connectivity index (χ3v) is 7.43. The lowest BCUT2D eigenvalue weighted by molar-refractivity contribution is -0.159. The maximum atomic E-state index is 13.6. The molecule has 1 saturated carbocycles. The molecule has 0 bridgehead atoms. The number of nitrogens with one attached hydrogen (secondary N) is 1. The van der Waals surface area contributed by atoms with Crippen molar-refractivity contribution in [3.63, 3.8) is 0 Å². The largest absolute Gasteiger partial charge is 0.394 e. The highest BCUT2D eigenvalue weighted by Crippen LogP contribution is 2.43. The van der Waals surface area contributed by atoms with Crippen LogP contribution in [0.25, 0.3) is 11.1 Å². The molecule has 2 aliphatic heterocycles. The first kappa shape index (κ1) is 21.9. The zero-order valence-corrected chi connectivity index (χ0v) is 18.6. The van der Waals surface area contributed by atoms with Crippen LogP contribution in [0.4, 0.5) is 9.18 Å². The minimum atomic E-state index is -0.286. The molecular weight excluding hydrogens is 421 g/mol. The third-order valence-electron chi connectivity index (χ3n) is 7.43. The van der Waals surface area contributed by atoms with Crippen LogP contribution in [0.1, 0.15) is 43.6 Å². The van der Waals surface area contributed by atoms with Crippen molar-refractivity contribution in [3.8, 4) is 11.1 Å². The van der Waals surface area contributed by atoms with E-state index in [0.29, 0.717) is 6.54 Å². The molecule has 0 aromatic heterocycles. The van der Waals surface area contributed by atoms with E-state index < -0.39 is 0 Å². The Morgan fingerprint density at radius 3 is 2.52 bits per heavy atom. The molecule has 3 atom stereocenters. The lowest BCUT2D eigenvalue weighted by Gasteiger charge is -2.58. The summed E-state index contributed by atoms with van der Waals surface area (Å²) < 4.78 is 13.6. The summed E-state index contributed by atoms with van der Waals surface area (Å²) in [6.45, 7) is 0.390. The van der Waals surface area contributed by atoms with Gasteiger partial charge in [0.05, 0.1) is 18.7 Å². The first-order valence-electron chi connectivity index (χ1n) is 11.9. The van der Waals surface area contributed by atoms with E-state index in [1.165, 1.54) is 18.6 Å². The fourth-order valence-electron chi connectivity index (χ4n) is 5.73. The molecule has 2 aromatic rings. The molecule has 0 spiro atoms. The molecule has 2 heterocycles. The van der Waals surface area contributed by atoms with Gasteiger partial charge in [0.15, 0.2) is 0 Å². The number of amides is 3. The van der Waals surface area contributed by atoms with Crippen molar-refractivity contribution < 1.29 is 19.1 Å². The van der Waals surface area contributed by atoms with E-state index in [1.807, 2.05) is 30.3 Å². The second-order valence-electron chi connectivity index (χ2n) is 9.44. The van der Waals surface area contributed by atoms with Gasteiger partial charge >= 0.3 is 6.03 Å². The molecule has 7 heteroatoms. The van der Waals surface area contributed by atoms with E-state index in [2.05, 4.69) is 5.32 Å². The Bertz CT molecular complexity index is 1020. The van der Waals surface area contributed by atoms with Gasteiger partial charge in [-0.25, -0.2) is 9.18 Å². The lowest BCUT2D eigenvalue weighted by Crippen LogP contribution is -2.74. The van der Waals surface area contributed by atoms with Gasteiger partial charge in [-0.05, 0) is 41.7 Å². The summed E-state index contributed by atoms with van der Waals surface area (Å²) in [7, 11) is 0.